The van der Waals surface area contributed by atoms with E-state index < -0.39 is 91.7 Å². The van der Waals surface area contributed by atoms with Crippen LogP contribution in [0.1, 0.15) is 27.2 Å². The lowest BCUT2D eigenvalue weighted by molar-refractivity contribution is -0.317. The Morgan fingerprint density at radius 3 is 1.88 bits per heavy atom. The quantitative estimate of drug-likeness (QED) is 0.174. The Balaban J connectivity index is 1.80. The lowest BCUT2D eigenvalue weighted by atomic mass is 9.80. The molecule has 1 aliphatic carbocycles. The van der Waals surface area contributed by atoms with Gasteiger partial charge in [0.15, 0.2) is 12.6 Å². The van der Waals surface area contributed by atoms with Crippen LogP contribution in [0, 0.1) is 5.92 Å². The largest absolute Gasteiger partial charge is 0.391 e. The molecule has 3 aliphatic rings. The number of ether oxygens (including phenoxy) is 4. The smallest absolute Gasteiger partial charge is 0.187 e. The van der Waals surface area contributed by atoms with E-state index in [-0.39, 0.29) is 5.92 Å². The first-order valence-corrected chi connectivity index (χ1v) is 11.3. The Morgan fingerprint density at radius 2 is 1.33 bits per heavy atom. The fraction of sp³-hybridized carbons (Fsp3) is 1.00. The molecule has 33 heavy (non-hydrogen) atoms. The van der Waals surface area contributed by atoms with E-state index in [9.17, 15) is 30.6 Å². The summed E-state index contributed by atoms with van der Waals surface area (Å²) in [5, 5.41) is 61.9. The van der Waals surface area contributed by atoms with E-state index in [1.807, 2.05) is 0 Å². The number of nitrogens with two attached hydrogens (primary N) is 3. The van der Waals surface area contributed by atoms with E-state index >= 15 is 0 Å². The third kappa shape index (κ3) is 5.35. The Hall–Kier alpha value is -0.520. The first-order valence-electron chi connectivity index (χ1n) is 11.3. The first-order chi connectivity index (χ1) is 15.3. The predicted octanol–water partition coefficient (Wildman–Crippen LogP) is -4.57. The second kappa shape index (κ2) is 10.6. The summed E-state index contributed by atoms with van der Waals surface area (Å²) in [6.45, 7) is 4.77. The molecule has 13 heteroatoms. The van der Waals surface area contributed by atoms with Crippen LogP contribution < -0.4 is 17.2 Å². The molecule has 2 heterocycles. The molecule has 0 aromatic heterocycles. The molecule has 194 valence electrons. The van der Waals surface area contributed by atoms with Gasteiger partial charge in [0, 0.05) is 12.1 Å². The Morgan fingerprint density at radius 1 is 0.788 bits per heavy atom. The zero-order chi connectivity index (χ0) is 24.8. The second-order valence-electron chi connectivity index (χ2n) is 9.65. The monoisotopic (exact) mass is 481 g/mol. The van der Waals surface area contributed by atoms with Gasteiger partial charge in [0.1, 0.15) is 48.8 Å². The van der Waals surface area contributed by atoms with Gasteiger partial charge < -0.3 is 66.8 Å². The van der Waals surface area contributed by atoms with Crippen LogP contribution in [0.3, 0.4) is 0 Å². The Kier molecular flexibility index (Phi) is 8.71. The van der Waals surface area contributed by atoms with Gasteiger partial charge >= 0.3 is 0 Å². The Labute approximate surface area is 192 Å². The van der Waals surface area contributed by atoms with Crippen molar-refractivity contribution < 1.29 is 49.6 Å². The van der Waals surface area contributed by atoms with E-state index in [0.29, 0.717) is 6.42 Å². The minimum atomic E-state index is -1.45. The summed E-state index contributed by atoms with van der Waals surface area (Å²) in [7, 11) is 0. The number of hydrogen-bond acceptors (Lipinski definition) is 13. The van der Waals surface area contributed by atoms with Crippen LogP contribution in [0.5, 0.6) is 0 Å². The van der Waals surface area contributed by atoms with Crippen molar-refractivity contribution in [1.82, 2.24) is 0 Å². The molecule has 3 rings (SSSR count). The molecule has 5 unspecified atom stereocenters. The van der Waals surface area contributed by atoms with Crippen molar-refractivity contribution in [3.8, 4) is 0 Å². The van der Waals surface area contributed by atoms with Gasteiger partial charge in [-0.05, 0) is 26.2 Å². The Bertz CT molecular complexity index is 645. The standard InChI is InChI=1S/C20H39N3O10/c1-5-4-8(22)17(32-19-9(23)11(26)12(27)16(31-19)7(3)24)18(10(5)25)33-20-14(29)13(28)15(30-20)6(2)21/h5-20,24-29H,4,21-23H2,1-3H3/t5-,6-,7-,8?,9+,10-,11?,12+,13-,14?,15-,16?,17-,18?,19-,20+/m1/s1. The van der Waals surface area contributed by atoms with Crippen molar-refractivity contribution >= 4 is 0 Å². The molecule has 0 spiro atoms. The second-order valence-corrected chi connectivity index (χ2v) is 9.65. The van der Waals surface area contributed by atoms with Crippen LogP contribution in [0.4, 0.5) is 0 Å². The number of aliphatic hydroxyl groups excluding tert-OH is 6. The predicted molar refractivity (Wildman–Crippen MR) is 112 cm³/mol. The summed E-state index contributed by atoms with van der Waals surface area (Å²) in [6, 6.07) is -2.44. The maximum atomic E-state index is 10.9. The zero-order valence-electron chi connectivity index (χ0n) is 19.0. The molecule has 2 saturated heterocycles. The average Bonchev–Trinajstić information content (AvgIpc) is 3.02. The van der Waals surface area contributed by atoms with E-state index in [4.69, 9.17) is 36.1 Å². The van der Waals surface area contributed by atoms with E-state index in [1.165, 1.54) is 6.92 Å². The van der Waals surface area contributed by atoms with Crippen molar-refractivity contribution in [2.75, 3.05) is 0 Å². The van der Waals surface area contributed by atoms with Crippen molar-refractivity contribution in [3.05, 3.63) is 0 Å². The number of hydrogen-bond donors (Lipinski definition) is 9. The third-order valence-electron chi connectivity index (χ3n) is 6.83. The molecule has 13 nitrogen and oxygen atoms in total. The summed E-state index contributed by atoms with van der Waals surface area (Å²) in [5.41, 5.74) is 18.1. The summed E-state index contributed by atoms with van der Waals surface area (Å²) in [6.07, 6.45) is -14.2. The molecule has 0 bridgehead atoms. The molecule has 1 saturated carbocycles. The average molecular weight is 482 g/mol. The highest BCUT2D eigenvalue weighted by molar-refractivity contribution is 5.00. The van der Waals surface area contributed by atoms with E-state index in [2.05, 4.69) is 0 Å². The lowest BCUT2D eigenvalue weighted by Crippen LogP contribution is -2.67. The van der Waals surface area contributed by atoms with Gasteiger partial charge in [-0.15, -0.1) is 0 Å². The normalized spacial score (nSPS) is 53.1. The highest BCUT2D eigenvalue weighted by Gasteiger charge is 2.52. The van der Waals surface area contributed by atoms with Crippen LogP contribution in [0.2, 0.25) is 0 Å². The molecule has 0 aromatic carbocycles. The van der Waals surface area contributed by atoms with Crippen LogP contribution in [0.15, 0.2) is 0 Å². The minimum Gasteiger partial charge on any atom is -0.391 e. The van der Waals surface area contributed by atoms with Gasteiger partial charge in [-0.3, -0.25) is 0 Å². The summed E-state index contributed by atoms with van der Waals surface area (Å²) < 4.78 is 23.1. The fourth-order valence-corrected chi connectivity index (χ4v) is 4.76. The van der Waals surface area contributed by atoms with Crippen LogP contribution in [-0.2, 0) is 18.9 Å². The highest BCUT2D eigenvalue weighted by Crippen LogP contribution is 2.35. The van der Waals surface area contributed by atoms with Gasteiger partial charge in [-0.2, -0.15) is 0 Å². The highest BCUT2D eigenvalue weighted by atomic mass is 16.7. The zero-order valence-corrected chi connectivity index (χ0v) is 19.0. The number of rotatable bonds is 6. The maximum absolute atomic E-state index is 10.9. The van der Waals surface area contributed by atoms with Gasteiger partial charge in [-0.1, -0.05) is 6.92 Å². The van der Waals surface area contributed by atoms with Gasteiger partial charge in [0.2, 0.25) is 0 Å². The molecular weight excluding hydrogens is 442 g/mol. The lowest BCUT2D eigenvalue weighted by Gasteiger charge is -2.47. The van der Waals surface area contributed by atoms with Gasteiger partial charge in [0.05, 0.1) is 18.2 Å². The van der Waals surface area contributed by atoms with Crippen molar-refractivity contribution in [2.45, 2.75) is 119 Å². The molecule has 0 amide bonds. The molecule has 3 fully saturated rings. The summed E-state index contributed by atoms with van der Waals surface area (Å²) in [5.74, 6) is -0.295. The molecule has 12 N–H and O–H groups in total. The number of aliphatic hydroxyl groups is 6. The summed E-state index contributed by atoms with van der Waals surface area (Å²) >= 11 is 0. The van der Waals surface area contributed by atoms with Crippen molar-refractivity contribution in [3.63, 3.8) is 0 Å². The van der Waals surface area contributed by atoms with Crippen LogP contribution in [-0.4, -0.2) is 122 Å². The molecule has 2 aliphatic heterocycles. The van der Waals surface area contributed by atoms with Crippen molar-refractivity contribution in [1.29, 1.82) is 0 Å². The molecule has 0 aromatic rings. The van der Waals surface area contributed by atoms with Crippen LogP contribution >= 0.6 is 0 Å². The van der Waals surface area contributed by atoms with Gasteiger partial charge in [0.25, 0.3) is 0 Å². The fourth-order valence-electron chi connectivity index (χ4n) is 4.76. The molecule has 16 atom stereocenters. The first kappa shape index (κ1) is 27.1. The van der Waals surface area contributed by atoms with Crippen molar-refractivity contribution in [2.24, 2.45) is 23.1 Å². The van der Waals surface area contributed by atoms with Gasteiger partial charge in [-0.25, -0.2) is 0 Å². The topological polar surface area (TPSA) is 236 Å². The third-order valence-corrected chi connectivity index (χ3v) is 6.83. The van der Waals surface area contributed by atoms with Crippen LogP contribution in [0.25, 0.3) is 0 Å². The maximum Gasteiger partial charge on any atom is 0.187 e. The van der Waals surface area contributed by atoms with E-state index in [1.54, 1.807) is 13.8 Å². The van der Waals surface area contributed by atoms with E-state index in [0.717, 1.165) is 0 Å². The molecular formula is C20H39N3O10. The SMILES string of the molecule is C[C@@H]1CC(N)[C@@H](O[C@H]2OC([C@@H](C)O)[C@@H](O)C(O)[C@@H]2N)C(O[C@@H]2O[C@H]([C@@H](C)N)[C@H](O)C2O)[C@@H]1O. The molecule has 0 radical (unpaired) electrons. The summed E-state index contributed by atoms with van der Waals surface area (Å²) in [4.78, 5) is 0. The minimum absolute atomic E-state index is 0.295.